The first-order valence-corrected chi connectivity index (χ1v) is 8.05. The van der Waals surface area contributed by atoms with Gasteiger partial charge in [0.25, 0.3) is 5.91 Å². The van der Waals surface area contributed by atoms with Gasteiger partial charge in [-0.05, 0) is 37.1 Å². The van der Waals surface area contributed by atoms with Crippen LogP contribution in [0.1, 0.15) is 23.2 Å². The van der Waals surface area contributed by atoms with Crippen LogP contribution in [-0.4, -0.2) is 41.0 Å². The molecular formula is C16H18N6O4. The van der Waals surface area contributed by atoms with Gasteiger partial charge in [-0.15, -0.1) is 0 Å². The molecule has 10 nitrogen and oxygen atoms in total. The standard InChI is InChI=1S/C16H18N6O4/c1-26-12-6-4-11(5-7-12)16(23)20-19-14-13(22(24)25)15(18-10-17-14)21-8-2-3-9-21/h4-7,10H,2-3,8-9H2,1H3,(H,20,23)(H,17,18,19). The Morgan fingerprint density at radius 2 is 1.92 bits per heavy atom. The molecule has 1 aromatic heterocycles. The van der Waals surface area contributed by atoms with E-state index in [-0.39, 0.29) is 17.3 Å². The van der Waals surface area contributed by atoms with E-state index < -0.39 is 10.8 Å². The molecule has 2 heterocycles. The molecule has 0 unspecified atom stereocenters. The van der Waals surface area contributed by atoms with Gasteiger partial charge in [0.15, 0.2) is 0 Å². The lowest BCUT2D eigenvalue weighted by atomic mass is 10.2. The Balaban J connectivity index is 1.77. The first-order chi connectivity index (χ1) is 12.6. The third-order valence-electron chi connectivity index (χ3n) is 4.04. The van der Waals surface area contributed by atoms with Gasteiger partial charge in [-0.2, -0.15) is 0 Å². The molecule has 1 saturated heterocycles. The van der Waals surface area contributed by atoms with Crippen molar-refractivity contribution in [1.29, 1.82) is 0 Å². The summed E-state index contributed by atoms with van der Waals surface area (Å²) in [5, 5.41) is 11.5. The summed E-state index contributed by atoms with van der Waals surface area (Å²) < 4.78 is 5.04. The van der Waals surface area contributed by atoms with Crippen LogP contribution in [0, 0.1) is 10.1 Å². The Labute approximate surface area is 149 Å². The Kier molecular flexibility index (Phi) is 5.11. The van der Waals surface area contributed by atoms with Gasteiger partial charge < -0.3 is 9.64 Å². The molecule has 2 aromatic rings. The number of ether oxygens (including phenoxy) is 1. The van der Waals surface area contributed by atoms with Crippen LogP contribution in [0.5, 0.6) is 5.75 Å². The van der Waals surface area contributed by atoms with Gasteiger partial charge in [0, 0.05) is 18.7 Å². The van der Waals surface area contributed by atoms with Crippen molar-refractivity contribution in [3.8, 4) is 5.75 Å². The van der Waals surface area contributed by atoms with E-state index in [9.17, 15) is 14.9 Å². The Morgan fingerprint density at radius 1 is 1.23 bits per heavy atom. The van der Waals surface area contributed by atoms with E-state index in [2.05, 4.69) is 20.8 Å². The lowest BCUT2D eigenvalue weighted by Gasteiger charge is -2.17. The van der Waals surface area contributed by atoms with Gasteiger partial charge in [-0.3, -0.25) is 25.8 Å². The summed E-state index contributed by atoms with van der Waals surface area (Å²) in [5.74, 6) is 0.358. The van der Waals surface area contributed by atoms with E-state index in [1.54, 1.807) is 24.3 Å². The SMILES string of the molecule is COc1ccc(C(=O)NNc2ncnc(N3CCCC3)c2[N+](=O)[O-])cc1. The number of hydrogen-bond acceptors (Lipinski definition) is 8. The van der Waals surface area contributed by atoms with E-state index >= 15 is 0 Å². The van der Waals surface area contributed by atoms with Crippen LogP contribution in [0.25, 0.3) is 0 Å². The highest BCUT2D eigenvalue weighted by molar-refractivity contribution is 5.95. The highest BCUT2D eigenvalue weighted by Gasteiger charge is 2.28. The van der Waals surface area contributed by atoms with Crippen molar-refractivity contribution in [2.75, 3.05) is 30.5 Å². The topological polar surface area (TPSA) is 123 Å². The minimum Gasteiger partial charge on any atom is -0.497 e. The minimum atomic E-state index is -0.546. The fourth-order valence-electron chi connectivity index (χ4n) is 2.72. The number of carbonyl (C=O) groups excluding carboxylic acids is 1. The van der Waals surface area contributed by atoms with Gasteiger partial charge in [0.1, 0.15) is 12.1 Å². The number of nitro groups is 1. The molecule has 0 bridgehead atoms. The summed E-state index contributed by atoms with van der Waals surface area (Å²) in [6.07, 6.45) is 3.15. The van der Waals surface area contributed by atoms with Crippen molar-refractivity contribution in [2.24, 2.45) is 0 Å². The smallest absolute Gasteiger partial charge is 0.355 e. The number of carbonyl (C=O) groups is 1. The molecule has 1 aliphatic rings. The zero-order chi connectivity index (χ0) is 18.5. The van der Waals surface area contributed by atoms with E-state index in [1.807, 2.05) is 4.90 Å². The number of hydrazine groups is 1. The summed E-state index contributed by atoms with van der Waals surface area (Å²) in [5.41, 5.74) is 5.07. The third kappa shape index (κ3) is 3.63. The van der Waals surface area contributed by atoms with Crippen LogP contribution >= 0.6 is 0 Å². The van der Waals surface area contributed by atoms with E-state index in [0.29, 0.717) is 24.4 Å². The number of aromatic nitrogens is 2. The second kappa shape index (κ2) is 7.64. The molecule has 0 aliphatic carbocycles. The number of benzene rings is 1. The Morgan fingerprint density at radius 3 is 2.54 bits per heavy atom. The second-order valence-corrected chi connectivity index (χ2v) is 5.65. The quantitative estimate of drug-likeness (QED) is 0.591. The van der Waals surface area contributed by atoms with Crippen LogP contribution in [0.2, 0.25) is 0 Å². The predicted molar refractivity (Wildman–Crippen MR) is 94.2 cm³/mol. The highest BCUT2D eigenvalue weighted by Crippen LogP contribution is 2.33. The third-order valence-corrected chi connectivity index (χ3v) is 4.04. The van der Waals surface area contributed by atoms with Crippen molar-refractivity contribution in [3.05, 3.63) is 46.3 Å². The summed E-state index contributed by atoms with van der Waals surface area (Å²) in [6.45, 7) is 1.41. The lowest BCUT2D eigenvalue weighted by Crippen LogP contribution is -2.31. The molecule has 0 atom stereocenters. The normalized spacial score (nSPS) is 13.3. The highest BCUT2D eigenvalue weighted by atomic mass is 16.6. The summed E-state index contributed by atoms with van der Waals surface area (Å²) >= 11 is 0. The first kappa shape index (κ1) is 17.4. The lowest BCUT2D eigenvalue weighted by molar-refractivity contribution is -0.383. The van der Waals surface area contributed by atoms with Crippen molar-refractivity contribution in [1.82, 2.24) is 15.4 Å². The molecular weight excluding hydrogens is 340 g/mol. The average molecular weight is 358 g/mol. The molecule has 1 amide bonds. The number of nitrogens with one attached hydrogen (secondary N) is 2. The molecule has 136 valence electrons. The molecule has 1 fully saturated rings. The summed E-state index contributed by atoms with van der Waals surface area (Å²) in [4.78, 5) is 33.0. The van der Waals surface area contributed by atoms with Crippen LogP contribution in [0.15, 0.2) is 30.6 Å². The average Bonchev–Trinajstić information content (AvgIpc) is 3.20. The maximum Gasteiger partial charge on any atom is 0.355 e. The molecule has 1 aliphatic heterocycles. The van der Waals surface area contributed by atoms with Crippen molar-refractivity contribution in [2.45, 2.75) is 12.8 Å². The van der Waals surface area contributed by atoms with Crippen molar-refractivity contribution in [3.63, 3.8) is 0 Å². The monoisotopic (exact) mass is 358 g/mol. The summed E-state index contributed by atoms with van der Waals surface area (Å²) in [6, 6.07) is 6.46. The van der Waals surface area contributed by atoms with Crippen LogP contribution in [0.3, 0.4) is 0 Å². The number of rotatable bonds is 6. The number of amides is 1. The van der Waals surface area contributed by atoms with E-state index in [0.717, 1.165) is 12.8 Å². The van der Waals surface area contributed by atoms with Gasteiger partial charge in [-0.1, -0.05) is 0 Å². The molecule has 0 radical (unpaired) electrons. The fourth-order valence-corrected chi connectivity index (χ4v) is 2.72. The molecule has 0 saturated carbocycles. The molecule has 1 aromatic carbocycles. The minimum absolute atomic E-state index is 0.0613. The Hall–Kier alpha value is -3.43. The summed E-state index contributed by atoms with van der Waals surface area (Å²) in [7, 11) is 1.53. The van der Waals surface area contributed by atoms with Crippen molar-refractivity contribution >= 4 is 23.2 Å². The van der Waals surface area contributed by atoms with E-state index in [1.165, 1.54) is 13.4 Å². The Bertz CT molecular complexity index is 805. The number of methoxy groups -OCH3 is 1. The van der Waals surface area contributed by atoms with E-state index in [4.69, 9.17) is 4.74 Å². The maximum atomic E-state index is 12.2. The molecule has 10 heteroatoms. The maximum absolute atomic E-state index is 12.2. The van der Waals surface area contributed by atoms with Gasteiger partial charge in [0.2, 0.25) is 11.6 Å². The molecule has 3 rings (SSSR count). The van der Waals surface area contributed by atoms with Gasteiger partial charge in [0.05, 0.1) is 12.0 Å². The van der Waals surface area contributed by atoms with Crippen LogP contribution in [-0.2, 0) is 0 Å². The fraction of sp³-hybridized carbons (Fsp3) is 0.312. The largest absolute Gasteiger partial charge is 0.497 e. The van der Waals surface area contributed by atoms with Gasteiger partial charge in [-0.25, -0.2) is 9.97 Å². The second-order valence-electron chi connectivity index (χ2n) is 5.65. The van der Waals surface area contributed by atoms with Crippen LogP contribution in [0.4, 0.5) is 17.3 Å². The number of anilines is 2. The zero-order valence-corrected chi connectivity index (χ0v) is 14.1. The molecule has 26 heavy (non-hydrogen) atoms. The van der Waals surface area contributed by atoms with Crippen LogP contribution < -0.4 is 20.5 Å². The molecule has 2 N–H and O–H groups in total. The number of hydrogen-bond donors (Lipinski definition) is 2. The van der Waals surface area contributed by atoms with Gasteiger partial charge >= 0.3 is 5.69 Å². The zero-order valence-electron chi connectivity index (χ0n) is 14.1. The first-order valence-electron chi connectivity index (χ1n) is 8.05. The predicted octanol–water partition coefficient (Wildman–Crippen LogP) is 1.75. The number of nitrogens with zero attached hydrogens (tertiary/aromatic N) is 4. The molecule has 0 spiro atoms. The van der Waals surface area contributed by atoms with Crippen molar-refractivity contribution < 1.29 is 14.5 Å².